The molecule has 2 N–H and O–H groups in total. The Bertz CT molecular complexity index is 693. The first-order chi connectivity index (χ1) is 11.7. The number of carbonyl (C=O) groups excluding carboxylic acids is 1. The van der Waals surface area contributed by atoms with Gasteiger partial charge in [0.25, 0.3) is 0 Å². The Balaban J connectivity index is 2.01. The van der Waals surface area contributed by atoms with Gasteiger partial charge in [-0.15, -0.1) is 0 Å². The number of carbonyl (C=O) groups is 1. The normalized spacial score (nSPS) is 17.4. The van der Waals surface area contributed by atoms with E-state index in [1.54, 1.807) is 24.3 Å². The zero-order chi connectivity index (χ0) is 18.7. The lowest BCUT2D eigenvalue weighted by molar-refractivity contribution is -0.118. The Kier molecular flexibility index (Phi) is 6.24. The summed E-state index contributed by atoms with van der Waals surface area (Å²) in [6.45, 7) is 9.15. The maximum Gasteiger partial charge on any atom is 0.243 e. The van der Waals surface area contributed by atoms with Crippen LogP contribution in [0.1, 0.15) is 47.0 Å². The number of sulfonamides is 1. The Morgan fingerprint density at radius 3 is 2.28 bits per heavy atom. The van der Waals surface area contributed by atoms with Crippen molar-refractivity contribution in [2.24, 2.45) is 0 Å². The van der Waals surface area contributed by atoms with Crippen molar-refractivity contribution in [1.29, 1.82) is 0 Å². The van der Waals surface area contributed by atoms with Gasteiger partial charge in [0.2, 0.25) is 15.9 Å². The van der Waals surface area contributed by atoms with Crippen molar-refractivity contribution in [3.63, 3.8) is 0 Å². The molecule has 1 fully saturated rings. The third-order valence-electron chi connectivity index (χ3n) is 4.71. The van der Waals surface area contributed by atoms with Crippen molar-refractivity contribution < 1.29 is 13.2 Å². The molecule has 1 amide bonds. The maximum absolute atomic E-state index is 12.5. The first kappa shape index (κ1) is 19.9. The highest BCUT2D eigenvalue weighted by Crippen LogP contribution is 2.22. The van der Waals surface area contributed by atoms with Crippen LogP contribution in [-0.2, 0) is 14.8 Å². The van der Waals surface area contributed by atoms with Gasteiger partial charge in [0.1, 0.15) is 0 Å². The van der Waals surface area contributed by atoms with Gasteiger partial charge in [0.05, 0.1) is 10.9 Å². The van der Waals surface area contributed by atoms with Crippen molar-refractivity contribution in [3.8, 4) is 0 Å². The summed E-state index contributed by atoms with van der Waals surface area (Å²) in [7, 11) is -3.42. The highest BCUT2D eigenvalue weighted by Gasteiger charge is 2.27. The van der Waals surface area contributed by atoms with Crippen LogP contribution in [0, 0.1) is 0 Å². The zero-order valence-electron chi connectivity index (χ0n) is 15.5. The lowest BCUT2D eigenvalue weighted by Crippen LogP contribution is -2.49. The van der Waals surface area contributed by atoms with Crippen molar-refractivity contribution in [2.75, 3.05) is 18.4 Å². The SMILES string of the molecule is CCC(C)(C)NC(C)C(=O)Nc1ccc(S(=O)(=O)N2CCCC2)cc1. The van der Waals surface area contributed by atoms with Crippen LogP contribution >= 0.6 is 0 Å². The van der Waals surface area contributed by atoms with Gasteiger partial charge in [0, 0.05) is 24.3 Å². The first-order valence-electron chi connectivity index (χ1n) is 8.84. The second-order valence-electron chi connectivity index (χ2n) is 7.23. The van der Waals surface area contributed by atoms with Crippen molar-refractivity contribution >= 4 is 21.6 Å². The van der Waals surface area contributed by atoms with Crippen LogP contribution in [0.3, 0.4) is 0 Å². The van der Waals surface area contributed by atoms with Crippen LogP contribution in [0.15, 0.2) is 29.2 Å². The fourth-order valence-electron chi connectivity index (χ4n) is 2.79. The van der Waals surface area contributed by atoms with E-state index in [4.69, 9.17) is 0 Å². The fraction of sp³-hybridized carbons (Fsp3) is 0.611. The molecular weight excluding hydrogens is 338 g/mol. The standard InChI is InChI=1S/C18H29N3O3S/c1-5-18(3,4)20-14(2)17(22)19-15-8-10-16(11-9-15)25(23,24)21-12-6-7-13-21/h8-11,14,20H,5-7,12-13H2,1-4H3,(H,19,22). The third-order valence-corrected chi connectivity index (χ3v) is 6.62. The quantitative estimate of drug-likeness (QED) is 0.776. The van der Waals surface area contributed by atoms with Gasteiger partial charge in [-0.2, -0.15) is 4.31 Å². The van der Waals surface area contributed by atoms with Gasteiger partial charge in [0.15, 0.2) is 0 Å². The van der Waals surface area contributed by atoms with E-state index in [2.05, 4.69) is 31.4 Å². The first-order valence-corrected chi connectivity index (χ1v) is 10.3. The number of benzene rings is 1. The molecule has 6 nitrogen and oxygen atoms in total. The van der Waals surface area contributed by atoms with Gasteiger partial charge in [-0.25, -0.2) is 8.42 Å². The van der Waals surface area contributed by atoms with Gasteiger partial charge >= 0.3 is 0 Å². The monoisotopic (exact) mass is 367 g/mol. The Labute approximate surface area is 151 Å². The molecule has 7 heteroatoms. The summed E-state index contributed by atoms with van der Waals surface area (Å²) in [6.07, 6.45) is 2.73. The van der Waals surface area contributed by atoms with Crippen molar-refractivity contribution in [3.05, 3.63) is 24.3 Å². The molecular formula is C18H29N3O3S. The Morgan fingerprint density at radius 1 is 1.20 bits per heavy atom. The molecule has 0 aliphatic carbocycles. The van der Waals surface area contributed by atoms with Crippen LogP contribution in [0.4, 0.5) is 5.69 Å². The number of hydrogen-bond donors (Lipinski definition) is 2. The summed E-state index contributed by atoms with van der Waals surface area (Å²) in [5.74, 6) is -0.142. The Morgan fingerprint density at radius 2 is 1.76 bits per heavy atom. The maximum atomic E-state index is 12.5. The lowest BCUT2D eigenvalue weighted by atomic mass is 10.0. The van der Waals surface area contributed by atoms with E-state index >= 15 is 0 Å². The smallest absolute Gasteiger partial charge is 0.243 e. The Hall–Kier alpha value is -1.44. The van der Waals surface area contributed by atoms with Crippen LogP contribution in [0.25, 0.3) is 0 Å². The molecule has 1 saturated heterocycles. The number of anilines is 1. The number of amides is 1. The number of hydrogen-bond acceptors (Lipinski definition) is 4. The van der Waals surface area contributed by atoms with E-state index in [9.17, 15) is 13.2 Å². The molecule has 1 aliphatic heterocycles. The average Bonchev–Trinajstić information content (AvgIpc) is 3.10. The van der Waals surface area contributed by atoms with Crippen molar-refractivity contribution in [1.82, 2.24) is 9.62 Å². The second kappa shape index (κ2) is 7.85. The van der Waals surface area contributed by atoms with Crippen LogP contribution in [-0.4, -0.2) is 43.3 Å². The summed E-state index contributed by atoms with van der Waals surface area (Å²) >= 11 is 0. The topological polar surface area (TPSA) is 78.5 Å². The molecule has 25 heavy (non-hydrogen) atoms. The van der Waals surface area contributed by atoms with E-state index in [0.717, 1.165) is 19.3 Å². The minimum absolute atomic E-state index is 0.121. The second-order valence-corrected chi connectivity index (χ2v) is 9.17. The molecule has 1 unspecified atom stereocenters. The van der Waals surface area contributed by atoms with E-state index in [-0.39, 0.29) is 22.4 Å². The minimum atomic E-state index is -3.42. The number of nitrogens with zero attached hydrogens (tertiary/aromatic N) is 1. The van der Waals surface area contributed by atoms with Crippen LogP contribution < -0.4 is 10.6 Å². The lowest BCUT2D eigenvalue weighted by Gasteiger charge is -2.28. The highest BCUT2D eigenvalue weighted by molar-refractivity contribution is 7.89. The molecule has 1 aliphatic rings. The predicted octanol–water partition coefficient (Wildman–Crippen LogP) is 2.58. The third kappa shape index (κ3) is 5.03. The summed E-state index contributed by atoms with van der Waals surface area (Å²) in [4.78, 5) is 12.6. The van der Waals surface area contributed by atoms with E-state index < -0.39 is 10.0 Å². The van der Waals surface area contributed by atoms with E-state index in [1.807, 2.05) is 6.92 Å². The highest BCUT2D eigenvalue weighted by atomic mass is 32.2. The molecule has 0 saturated carbocycles. The van der Waals surface area contributed by atoms with Gasteiger partial charge < -0.3 is 10.6 Å². The summed E-state index contributed by atoms with van der Waals surface area (Å²) in [5, 5.41) is 6.11. The minimum Gasteiger partial charge on any atom is -0.325 e. The predicted molar refractivity (Wildman–Crippen MR) is 100 cm³/mol. The van der Waals surface area contributed by atoms with Crippen molar-refractivity contribution in [2.45, 2.75) is 63.4 Å². The van der Waals surface area contributed by atoms with Crippen LogP contribution in [0.2, 0.25) is 0 Å². The molecule has 2 rings (SSSR count). The average molecular weight is 368 g/mol. The van der Waals surface area contributed by atoms with Crippen LogP contribution in [0.5, 0.6) is 0 Å². The largest absolute Gasteiger partial charge is 0.325 e. The summed E-state index contributed by atoms with van der Waals surface area (Å²) in [5.41, 5.74) is 0.470. The molecule has 1 aromatic rings. The molecule has 0 bridgehead atoms. The number of rotatable bonds is 7. The molecule has 0 aromatic heterocycles. The van der Waals surface area contributed by atoms with Gasteiger partial charge in [-0.3, -0.25) is 4.79 Å². The fourth-order valence-corrected chi connectivity index (χ4v) is 4.31. The molecule has 1 heterocycles. The molecule has 0 spiro atoms. The van der Waals surface area contributed by atoms with Gasteiger partial charge in [-0.1, -0.05) is 6.92 Å². The number of nitrogens with one attached hydrogen (secondary N) is 2. The molecule has 140 valence electrons. The summed E-state index contributed by atoms with van der Waals surface area (Å²) in [6, 6.07) is 6.04. The molecule has 0 radical (unpaired) electrons. The van der Waals surface area contributed by atoms with E-state index in [0.29, 0.717) is 18.8 Å². The zero-order valence-corrected chi connectivity index (χ0v) is 16.3. The molecule has 1 aromatic carbocycles. The van der Waals surface area contributed by atoms with Gasteiger partial charge in [-0.05, 0) is 64.3 Å². The molecule has 1 atom stereocenters. The van der Waals surface area contributed by atoms with E-state index in [1.165, 1.54) is 4.31 Å². The summed E-state index contributed by atoms with van der Waals surface area (Å²) < 4.78 is 26.5.